The van der Waals surface area contributed by atoms with Crippen molar-refractivity contribution in [1.82, 2.24) is 5.32 Å². The summed E-state index contributed by atoms with van der Waals surface area (Å²) in [7, 11) is 0. The normalized spacial score (nSPS) is 37.7. The van der Waals surface area contributed by atoms with Crippen molar-refractivity contribution in [2.75, 3.05) is 17.2 Å². The summed E-state index contributed by atoms with van der Waals surface area (Å²) in [6.07, 6.45) is 11.2. The van der Waals surface area contributed by atoms with Gasteiger partial charge in [0, 0.05) is 18.0 Å². The van der Waals surface area contributed by atoms with Crippen molar-refractivity contribution >= 4 is 17.3 Å². The number of anilines is 2. The molecule has 5 fully saturated rings. The molecule has 6 rings (SSSR count). The first-order valence-electron chi connectivity index (χ1n) is 10.6. The molecule has 4 heteroatoms. The Balaban J connectivity index is 1.30. The predicted molar refractivity (Wildman–Crippen MR) is 105 cm³/mol. The highest BCUT2D eigenvalue weighted by Gasteiger charge is 2.51. The molecular weight excluding hydrogens is 322 g/mol. The lowest BCUT2D eigenvalue weighted by Gasteiger charge is -2.57. The molecule has 1 aliphatic heterocycles. The van der Waals surface area contributed by atoms with E-state index in [0.717, 1.165) is 42.1 Å². The van der Waals surface area contributed by atoms with Crippen molar-refractivity contribution in [1.29, 1.82) is 0 Å². The van der Waals surface area contributed by atoms with Gasteiger partial charge in [0.15, 0.2) is 0 Å². The Morgan fingerprint density at radius 2 is 1.69 bits per heavy atom. The first-order valence-corrected chi connectivity index (χ1v) is 10.6. The lowest BCUT2D eigenvalue weighted by Crippen LogP contribution is -2.54. The van der Waals surface area contributed by atoms with Crippen LogP contribution >= 0.6 is 0 Å². The number of carbonyl (C=O) groups excluding carboxylic acids is 1. The van der Waals surface area contributed by atoms with Gasteiger partial charge in [-0.05, 0) is 87.8 Å². The first-order chi connectivity index (χ1) is 12.7. The summed E-state index contributed by atoms with van der Waals surface area (Å²) in [5.41, 5.74) is 2.33. The van der Waals surface area contributed by atoms with Gasteiger partial charge in [-0.2, -0.15) is 0 Å². The minimum atomic E-state index is 0.129. The highest BCUT2D eigenvalue weighted by Crippen LogP contribution is 2.56. The maximum atomic E-state index is 12.5. The summed E-state index contributed by atoms with van der Waals surface area (Å²) in [5, 5.41) is 10.5. The third-order valence-electron chi connectivity index (χ3n) is 7.23. The zero-order chi connectivity index (χ0) is 17.6. The molecule has 1 unspecified atom stereocenters. The van der Waals surface area contributed by atoms with Gasteiger partial charge in [0.25, 0.3) is 0 Å². The molecule has 140 valence electrons. The molecule has 3 N–H and O–H groups in total. The summed E-state index contributed by atoms with van der Waals surface area (Å²) >= 11 is 0. The Morgan fingerprint density at radius 3 is 2.31 bits per heavy atom. The van der Waals surface area contributed by atoms with Crippen LogP contribution in [0.15, 0.2) is 24.3 Å². The lowest BCUT2D eigenvalue weighted by molar-refractivity contribution is -0.116. The molecule has 0 aromatic heterocycles. The molecule has 1 aromatic rings. The molecular formula is C22H31N3O. The molecule has 1 atom stereocenters. The lowest BCUT2D eigenvalue weighted by atomic mass is 9.53. The van der Waals surface area contributed by atoms with E-state index in [-0.39, 0.29) is 11.4 Å². The zero-order valence-electron chi connectivity index (χ0n) is 15.6. The van der Waals surface area contributed by atoms with Crippen molar-refractivity contribution in [2.24, 2.45) is 17.8 Å². The predicted octanol–water partition coefficient (Wildman–Crippen LogP) is 4.15. The van der Waals surface area contributed by atoms with Crippen LogP contribution in [-0.4, -0.2) is 24.0 Å². The SMILES string of the molecule is O=C(CC1CCCN1)Nc1ccccc1NC12CC3CC(CC(C3)C1)C2. The molecule has 1 amide bonds. The Hall–Kier alpha value is -1.55. The van der Waals surface area contributed by atoms with Gasteiger partial charge < -0.3 is 16.0 Å². The molecule has 1 aromatic carbocycles. The van der Waals surface area contributed by atoms with Gasteiger partial charge in [0.1, 0.15) is 0 Å². The number of para-hydroxylation sites is 2. The molecule has 1 saturated heterocycles. The van der Waals surface area contributed by atoms with Gasteiger partial charge in [-0.25, -0.2) is 0 Å². The summed E-state index contributed by atoms with van der Waals surface area (Å²) in [6, 6.07) is 8.63. The van der Waals surface area contributed by atoms with Crippen LogP contribution in [0, 0.1) is 17.8 Å². The van der Waals surface area contributed by atoms with Gasteiger partial charge in [-0.3, -0.25) is 4.79 Å². The second-order valence-corrected chi connectivity index (χ2v) is 9.41. The van der Waals surface area contributed by atoms with Crippen LogP contribution in [0.5, 0.6) is 0 Å². The second kappa shape index (κ2) is 6.56. The van der Waals surface area contributed by atoms with Crippen molar-refractivity contribution < 1.29 is 4.79 Å². The van der Waals surface area contributed by atoms with E-state index in [1.807, 2.05) is 12.1 Å². The summed E-state index contributed by atoms with van der Waals surface area (Å²) < 4.78 is 0. The van der Waals surface area contributed by atoms with Crippen LogP contribution in [0.25, 0.3) is 0 Å². The number of benzene rings is 1. The van der Waals surface area contributed by atoms with Crippen molar-refractivity contribution in [3.8, 4) is 0 Å². The summed E-state index contributed by atoms with van der Waals surface area (Å²) in [6.45, 7) is 1.04. The van der Waals surface area contributed by atoms with Crippen LogP contribution in [-0.2, 0) is 4.79 Å². The van der Waals surface area contributed by atoms with E-state index in [1.165, 1.54) is 44.9 Å². The summed E-state index contributed by atoms with van der Waals surface area (Å²) in [4.78, 5) is 12.5. The second-order valence-electron chi connectivity index (χ2n) is 9.41. The molecule has 0 radical (unpaired) electrons. The topological polar surface area (TPSA) is 53.2 Å². The molecule has 4 nitrogen and oxygen atoms in total. The third-order valence-corrected chi connectivity index (χ3v) is 7.23. The third kappa shape index (κ3) is 3.24. The number of hydrogen-bond acceptors (Lipinski definition) is 3. The van der Waals surface area contributed by atoms with Gasteiger partial charge in [0.05, 0.1) is 11.4 Å². The largest absolute Gasteiger partial charge is 0.378 e. The van der Waals surface area contributed by atoms with Crippen LogP contribution in [0.3, 0.4) is 0 Å². The monoisotopic (exact) mass is 353 g/mol. The fourth-order valence-electron chi connectivity index (χ4n) is 6.61. The number of hydrogen-bond donors (Lipinski definition) is 3. The van der Waals surface area contributed by atoms with E-state index >= 15 is 0 Å². The fraction of sp³-hybridized carbons (Fsp3) is 0.682. The molecule has 26 heavy (non-hydrogen) atoms. The van der Waals surface area contributed by atoms with E-state index in [0.29, 0.717) is 12.5 Å². The van der Waals surface area contributed by atoms with E-state index in [1.54, 1.807) is 0 Å². The van der Waals surface area contributed by atoms with Crippen LogP contribution < -0.4 is 16.0 Å². The maximum Gasteiger partial charge on any atom is 0.225 e. The van der Waals surface area contributed by atoms with E-state index in [4.69, 9.17) is 0 Å². The molecule has 5 aliphatic rings. The van der Waals surface area contributed by atoms with Gasteiger partial charge in [0.2, 0.25) is 5.91 Å². The minimum absolute atomic E-state index is 0.129. The maximum absolute atomic E-state index is 12.5. The van der Waals surface area contributed by atoms with Gasteiger partial charge >= 0.3 is 0 Å². The van der Waals surface area contributed by atoms with Crippen LogP contribution in [0.4, 0.5) is 11.4 Å². The van der Waals surface area contributed by atoms with E-state index in [2.05, 4.69) is 28.1 Å². The first kappa shape index (κ1) is 16.6. The Labute approximate surface area is 156 Å². The van der Waals surface area contributed by atoms with Gasteiger partial charge in [-0.15, -0.1) is 0 Å². The molecule has 0 spiro atoms. The fourth-order valence-corrected chi connectivity index (χ4v) is 6.61. The van der Waals surface area contributed by atoms with Gasteiger partial charge in [-0.1, -0.05) is 12.1 Å². The zero-order valence-corrected chi connectivity index (χ0v) is 15.6. The number of nitrogens with one attached hydrogen (secondary N) is 3. The number of carbonyl (C=O) groups is 1. The van der Waals surface area contributed by atoms with Crippen molar-refractivity contribution in [3.05, 3.63) is 24.3 Å². The summed E-state index contributed by atoms with van der Waals surface area (Å²) in [5.74, 6) is 2.89. The quantitative estimate of drug-likeness (QED) is 0.745. The van der Waals surface area contributed by atoms with E-state index in [9.17, 15) is 4.79 Å². The van der Waals surface area contributed by atoms with Crippen LogP contribution in [0.1, 0.15) is 57.8 Å². The van der Waals surface area contributed by atoms with Crippen LogP contribution in [0.2, 0.25) is 0 Å². The minimum Gasteiger partial charge on any atom is -0.378 e. The number of rotatable bonds is 5. The Bertz CT molecular complexity index is 644. The molecule has 4 bridgehead atoms. The van der Waals surface area contributed by atoms with E-state index < -0.39 is 0 Å². The average Bonchev–Trinajstić information content (AvgIpc) is 3.08. The Morgan fingerprint density at radius 1 is 1.04 bits per heavy atom. The number of amides is 1. The molecule has 1 heterocycles. The molecule has 4 saturated carbocycles. The molecule has 4 aliphatic carbocycles. The van der Waals surface area contributed by atoms with Crippen molar-refractivity contribution in [3.63, 3.8) is 0 Å². The highest BCUT2D eigenvalue weighted by atomic mass is 16.1. The average molecular weight is 354 g/mol. The van der Waals surface area contributed by atoms with Crippen molar-refractivity contribution in [2.45, 2.75) is 69.4 Å². The standard InChI is InChI=1S/C22H31N3O/c26-21(11-18-4-3-7-23-18)24-19-5-1-2-6-20(19)25-22-12-15-8-16(13-22)10-17(9-15)14-22/h1-2,5-6,15-18,23,25H,3-4,7-14H2,(H,24,26). The highest BCUT2D eigenvalue weighted by molar-refractivity contribution is 5.94. The Kier molecular flexibility index (Phi) is 4.19. The smallest absolute Gasteiger partial charge is 0.225 e.